The summed E-state index contributed by atoms with van der Waals surface area (Å²) < 4.78 is 10.9. The zero-order chi connectivity index (χ0) is 20.7. The zero-order valence-corrected chi connectivity index (χ0v) is 17.7. The van der Waals surface area contributed by atoms with Gasteiger partial charge in [0, 0.05) is 44.5 Å². The van der Waals surface area contributed by atoms with Crippen molar-refractivity contribution < 1.29 is 14.6 Å². The van der Waals surface area contributed by atoms with Gasteiger partial charge in [-0.2, -0.15) is 0 Å². The SMILES string of the molecule is CCOCCOc1ccc(CN(C)C[C@@]2(O)CCN(c3cc(C)ncn3)C2)cc1. The molecule has 29 heavy (non-hydrogen) atoms. The highest BCUT2D eigenvalue weighted by Gasteiger charge is 2.37. The van der Waals surface area contributed by atoms with Crippen molar-refractivity contribution >= 4 is 5.82 Å². The molecule has 0 unspecified atom stereocenters. The molecule has 0 aliphatic carbocycles. The van der Waals surface area contributed by atoms with E-state index in [0.29, 0.717) is 32.9 Å². The van der Waals surface area contributed by atoms with Crippen LogP contribution in [0.4, 0.5) is 5.82 Å². The molecule has 1 fully saturated rings. The van der Waals surface area contributed by atoms with Crippen LogP contribution in [-0.4, -0.2) is 72.1 Å². The molecule has 3 rings (SSSR count). The number of aliphatic hydroxyl groups is 1. The Morgan fingerprint density at radius 1 is 1.21 bits per heavy atom. The molecule has 0 spiro atoms. The largest absolute Gasteiger partial charge is 0.491 e. The van der Waals surface area contributed by atoms with Crippen LogP contribution >= 0.6 is 0 Å². The van der Waals surface area contributed by atoms with Crippen LogP contribution in [0.1, 0.15) is 24.6 Å². The van der Waals surface area contributed by atoms with Crippen molar-refractivity contribution in [3.05, 3.63) is 47.9 Å². The van der Waals surface area contributed by atoms with Gasteiger partial charge in [-0.15, -0.1) is 0 Å². The summed E-state index contributed by atoms with van der Waals surface area (Å²) in [5.41, 5.74) is 1.39. The lowest BCUT2D eigenvalue weighted by atomic mass is 10.0. The van der Waals surface area contributed by atoms with Crippen molar-refractivity contribution in [2.75, 3.05) is 51.4 Å². The number of hydrogen-bond acceptors (Lipinski definition) is 7. The van der Waals surface area contributed by atoms with Crippen LogP contribution in [-0.2, 0) is 11.3 Å². The van der Waals surface area contributed by atoms with E-state index in [2.05, 4.69) is 31.9 Å². The van der Waals surface area contributed by atoms with Crippen molar-refractivity contribution in [1.82, 2.24) is 14.9 Å². The number of likely N-dealkylation sites (N-methyl/N-ethyl adjacent to an activating group) is 1. The van der Waals surface area contributed by atoms with Crippen molar-refractivity contribution in [2.24, 2.45) is 0 Å². The Bertz CT molecular complexity index is 771. The minimum absolute atomic E-state index is 0.558. The van der Waals surface area contributed by atoms with E-state index in [0.717, 1.165) is 36.8 Å². The van der Waals surface area contributed by atoms with Crippen LogP contribution in [0.3, 0.4) is 0 Å². The van der Waals surface area contributed by atoms with Gasteiger partial charge in [-0.1, -0.05) is 12.1 Å². The molecule has 1 aliphatic heterocycles. The Balaban J connectivity index is 1.48. The molecule has 0 bridgehead atoms. The fraction of sp³-hybridized carbons (Fsp3) is 0.545. The summed E-state index contributed by atoms with van der Waals surface area (Å²) in [6, 6.07) is 10.1. The molecule has 1 atom stereocenters. The van der Waals surface area contributed by atoms with Gasteiger partial charge in [0.05, 0.1) is 12.2 Å². The van der Waals surface area contributed by atoms with Gasteiger partial charge in [0.1, 0.15) is 24.5 Å². The first-order chi connectivity index (χ1) is 14.0. The number of anilines is 1. The summed E-state index contributed by atoms with van der Waals surface area (Å²) in [4.78, 5) is 12.8. The van der Waals surface area contributed by atoms with Crippen LogP contribution < -0.4 is 9.64 Å². The van der Waals surface area contributed by atoms with Gasteiger partial charge in [-0.3, -0.25) is 4.90 Å². The Morgan fingerprint density at radius 3 is 2.72 bits per heavy atom. The third-order valence-corrected chi connectivity index (χ3v) is 5.09. The molecule has 1 N–H and O–H groups in total. The topological polar surface area (TPSA) is 71.0 Å². The fourth-order valence-corrected chi connectivity index (χ4v) is 3.72. The molecule has 7 nitrogen and oxygen atoms in total. The predicted octanol–water partition coefficient (Wildman–Crippen LogP) is 2.27. The van der Waals surface area contributed by atoms with Crippen molar-refractivity contribution in [3.8, 4) is 5.75 Å². The normalized spacial score (nSPS) is 19.1. The molecule has 0 amide bonds. The van der Waals surface area contributed by atoms with Gasteiger partial charge < -0.3 is 19.5 Å². The van der Waals surface area contributed by atoms with E-state index < -0.39 is 5.60 Å². The van der Waals surface area contributed by atoms with Crippen LogP contribution in [0.15, 0.2) is 36.7 Å². The first kappa shape index (κ1) is 21.5. The molecule has 158 valence electrons. The van der Waals surface area contributed by atoms with Gasteiger partial charge in [0.15, 0.2) is 0 Å². The highest BCUT2D eigenvalue weighted by molar-refractivity contribution is 5.41. The highest BCUT2D eigenvalue weighted by Crippen LogP contribution is 2.26. The van der Waals surface area contributed by atoms with E-state index >= 15 is 0 Å². The van der Waals surface area contributed by atoms with Crippen molar-refractivity contribution in [2.45, 2.75) is 32.4 Å². The molecule has 2 heterocycles. The second-order valence-electron chi connectivity index (χ2n) is 7.78. The summed E-state index contributed by atoms with van der Waals surface area (Å²) in [7, 11) is 2.04. The predicted molar refractivity (Wildman–Crippen MR) is 113 cm³/mol. The van der Waals surface area contributed by atoms with Gasteiger partial charge in [0.2, 0.25) is 0 Å². The number of aromatic nitrogens is 2. The summed E-state index contributed by atoms with van der Waals surface area (Å²) in [5, 5.41) is 11.1. The molecule has 0 saturated carbocycles. The number of β-amino-alcohol motifs (C(OH)–C–C–N with tert-alkyl or cyclic N) is 1. The minimum atomic E-state index is -0.740. The highest BCUT2D eigenvalue weighted by atomic mass is 16.5. The van der Waals surface area contributed by atoms with E-state index in [4.69, 9.17) is 9.47 Å². The average Bonchev–Trinajstić information content (AvgIpc) is 3.08. The van der Waals surface area contributed by atoms with Gasteiger partial charge in [0.25, 0.3) is 0 Å². The maximum Gasteiger partial charge on any atom is 0.132 e. The molecule has 1 aromatic heterocycles. The molecule has 1 aliphatic rings. The van der Waals surface area contributed by atoms with Gasteiger partial charge in [-0.25, -0.2) is 9.97 Å². The third kappa shape index (κ3) is 6.39. The summed E-state index contributed by atoms with van der Waals surface area (Å²) in [5.74, 6) is 1.73. The van der Waals surface area contributed by atoms with Crippen molar-refractivity contribution in [1.29, 1.82) is 0 Å². The monoisotopic (exact) mass is 400 g/mol. The molecular weight excluding hydrogens is 368 g/mol. The fourth-order valence-electron chi connectivity index (χ4n) is 3.72. The summed E-state index contributed by atoms with van der Waals surface area (Å²) >= 11 is 0. The second kappa shape index (κ2) is 10.0. The number of nitrogens with zero attached hydrogens (tertiary/aromatic N) is 4. The molecular formula is C22H32N4O3. The number of rotatable bonds is 10. The minimum Gasteiger partial charge on any atom is -0.491 e. The molecule has 1 aromatic carbocycles. The van der Waals surface area contributed by atoms with Crippen LogP contribution in [0.2, 0.25) is 0 Å². The molecule has 7 heteroatoms. The Morgan fingerprint density at radius 2 is 2.00 bits per heavy atom. The second-order valence-corrected chi connectivity index (χ2v) is 7.78. The maximum absolute atomic E-state index is 11.1. The molecule has 2 aromatic rings. The quantitative estimate of drug-likeness (QED) is 0.614. The maximum atomic E-state index is 11.1. The Kier molecular flexibility index (Phi) is 7.41. The Hall–Kier alpha value is -2.22. The lowest BCUT2D eigenvalue weighted by Crippen LogP contribution is -2.43. The Labute approximate surface area is 173 Å². The number of ether oxygens (including phenoxy) is 2. The van der Waals surface area contributed by atoms with E-state index in [1.807, 2.05) is 39.1 Å². The average molecular weight is 401 g/mol. The van der Waals surface area contributed by atoms with E-state index in [1.165, 1.54) is 5.56 Å². The third-order valence-electron chi connectivity index (χ3n) is 5.09. The van der Waals surface area contributed by atoms with Crippen LogP contribution in [0, 0.1) is 6.92 Å². The molecule has 0 radical (unpaired) electrons. The van der Waals surface area contributed by atoms with E-state index in [9.17, 15) is 5.11 Å². The van der Waals surface area contributed by atoms with Gasteiger partial charge in [-0.05, 0) is 45.0 Å². The molecule has 1 saturated heterocycles. The summed E-state index contributed by atoms with van der Waals surface area (Å²) in [6.07, 6.45) is 2.31. The van der Waals surface area contributed by atoms with Crippen LogP contribution in [0.5, 0.6) is 5.75 Å². The summed E-state index contributed by atoms with van der Waals surface area (Å²) in [6.45, 7) is 8.56. The van der Waals surface area contributed by atoms with Crippen LogP contribution in [0.25, 0.3) is 0 Å². The zero-order valence-electron chi connectivity index (χ0n) is 17.7. The first-order valence-corrected chi connectivity index (χ1v) is 10.2. The van der Waals surface area contributed by atoms with Crippen molar-refractivity contribution in [3.63, 3.8) is 0 Å². The van der Waals surface area contributed by atoms with Gasteiger partial charge >= 0.3 is 0 Å². The standard InChI is InChI=1S/C22H32N4O3/c1-4-28-11-12-29-20-7-5-19(6-8-20)14-25(3)15-22(27)9-10-26(16-22)21-13-18(2)23-17-24-21/h5-8,13,17,27H,4,9-12,14-16H2,1-3H3/t22-/m0/s1. The number of hydrogen-bond donors (Lipinski definition) is 1. The number of benzene rings is 1. The first-order valence-electron chi connectivity index (χ1n) is 10.2. The smallest absolute Gasteiger partial charge is 0.132 e. The van der Waals surface area contributed by atoms with E-state index in [-0.39, 0.29) is 0 Å². The van der Waals surface area contributed by atoms with E-state index in [1.54, 1.807) is 6.33 Å². The lowest BCUT2D eigenvalue weighted by Gasteiger charge is -2.29. The lowest BCUT2D eigenvalue weighted by molar-refractivity contribution is 0.0279. The number of aryl methyl sites for hydroxylation is 1.